The van der Waals surface area contributed by atoms with Gasteiger partial charge in [0, 0.05) is 0 Å². The number of benzene rings is 1. The Labute approximate surface area is 124 Å². The average Bonchev–Trinajstić information content (AvgIpc) is 2.52. The van der Waals surface area contributed by atoms with Crippen LogP contribution in [0.1, 0.15) is 36.9 Å². The molecule has 1 aromatic carbocycles. The van der Waals surface area contributed by atoms with Crippen LogP contribution in [0.3, 0.4) is 0 Å². The molecule has 0 saturated heterocycles. The summed E-state index contributed by atoms with van der Waals surface area (Å²) < 4.78 is 5.42. The second-order valence-corrected chi connectivity index (χ2v) is 5.16. The number of nitrogens with one attached hydrogen (secondary N) is 1. The molecule has 5 heteroatoms. The molecule has 0 bridgehead atoms. The Morgan fingerprint density at radius 2 is 2.19 bits per heavy atom. The highest BCUT2D eigenvalue weighted by atomic mass is 16.5. The Morgan fingerprint density at radius 3 is 3.05 bits per heavy atom. The Morgan fingerprint density at radius 1 is 1.33 bits per heavy atom. The maximum absolute atomic E-state index is 6.09. The van der Waals surface area contributed by atoms with Gasteiger partial charge in [0.05, 0.1) is 12.6 Å². The molecule has 1 atom stereocenters. The van der Waals surface area contributed by atoms with E-state index in [4.69, 9.17) is 10.5 Å². The molecule has 2 aromatic rings. The van der Waals surface area contributed by atoms with Crippen molar-refractivity contribution in [1.82, 2.24) is 9.97 Å². The molecular formula is C16H20N4O. The van der Waals surface area contributed by atoms with Crippen LogP contribution < -0.4 is 15.8 Å². The van der Waals surface area contributed by atoms with Gasteiger partial charge in [-0.2, -0.15) is 4.98 Å². The molecule has 5 nitrogen and oxygen atoms in total. The fourth-order valence-corrected chi connectivity index (χ4v) is 2.82. The lowest BCUT2D eigenvalue weighted by Gasteiger charge is -2.27. The summed E-state index contributed by atoms with van der Waals surface area (Å²) in [6.45, 7) is 2.44. The molecule has 0 saturated carbocycles. The lowest BCUT2D eigenvalue weighted by Crippen LogP contribution is -2.19. The third-order valence-corrected chi connectivity index (χ3v) is 3.81. The summed E-state index contributed by atoms with van der Waals surface area (Å²) in [7, 11) is 0. The Kier molecular flexibility index (Phi) is 3.90. The first-order chi connectivity index (χ1) is 10.3. The molecule has 1 unspecified atom stereocenters. The van der Waals surface area contributed by atoms with E-state index in [0.717, 1.165) is 19.3 Å². The number of fused-ring (bicyclic) bond motifs is 1. The minimum atomic E-state index is 0.238. The van der Waals surface area contributed by atoms with Crippen LogP contribution in [0.15, 0.2) is 30.6 Å². The standard InChI is InChI=1S/C16H20N4O/c1-2-21-16-14(17)15(18-10-19-16)20-13-9-5-7-11-6-3-4-8-12(11)13/h3-4,6,8,10,13H,2,5,7,9,17H2,1H3,(H,18,19,20). The second kappa shape index (κ2) is 5.99. The lowest BCUT2D eigenvalue weighted by atomic mass is 9.88. The van der Waals surface area contributed by atoms with Gasteiger partial charge in [0.1, 0.15) is 12.0 Å². The van der Waals surface area contributed by atoms with E-state index < -0.39 is 0 Å². The molecule has 1 heterocycles. The summed E-state index contributed by atoms with van der Waals surface area (Å²) in [6.07, 6.45) is 4.86. The van der Waals surface area contributed by atoms with Crippen LogP contribution >= 0.6 is 0 Å². The molecule has 0 fully saturated rings. The van der Waals surface area contributed by atoms with Gasteiger partial charge in [-0.05, 0) is 37.3 Å². The van der Waals surface area contributed by atoms with Gasteiger partial charge in [-0.25, -0.2) is 4.98 Å². The van der Waals surface area contributed by atoms with Crippen LogP contribution in [0, 0.1) is 0 Å². The molecule has 1 aromatic heterocycles. The molecule has 0 amide bonds. The molecule has 110 valence electrons. The predicted octanol–water partition coefficient (Wildman–Crippen LogP) is 2.95. The molecule has 1 aliphatic rings. The van der Waals surface area contributed by atoms with E-state index in [2.05, 4.69) is 39.6 Å². The number of hydrogen-bond acceptors (Lipinski definition) is 5. The number of nitrogens with two attached hydrogens (primary N) is 1. The molecule has 3 N–H and O–H groups in total. The van der Waals surface area contributed by atoms with E-state index in [9.17, 15) is 0 Å². The zero-order valence-electron chi connectivity index (χ0n) is 12.2. The molecule has 1 aliphatic carbocycles. The highest BCUT2D eigenvalue weighted by molar-refractivity contribution is 5.67. The average molecular weight is 284 g/mol. The summed E-state index contributed by atoms with van der Waals surface area (Å²) in [4.78, 5) is 8.33. The monoisotopic (exact) mass is 284 g/mol. The minimum absolute atomic E-state index is 0.238. The molecule has 0 radical (unpaired) electrons. The maximum atomic E-state index is 6.09. The van der Waals surface area contributed by atoms with E-state index >= 15 is 0 Å². The number of aromatic nitrogens is 2. The minimum Gasteiger partial charge on any atom is -0.476 e. The van der Waals surface area contributed by atoms with Crippen molar-refractivity contribution < 1.29 is 4.74 Å². The van der Waals surface area contributed by atoms with Gasteiger partial charge in [-0.15, -0.1) is 0 Å². The fraction of sp³-hybridized carbons (Fsp3) is 0.375. The van der Waals surface area contributed by atoms with Gasteiger partial charge in [-0.3, -0.25) is 0 Å². The predicted molar refractivity (Wildman–Crippen MR) is 83.4 cm³/mol. The van der Waals surface area contributed by atoms with Crippen molar-refractivity contribution in [2.24, 2.45) is 0 Å². The van der Waals surface area contributed by atoms with E-state index in [1.54, 1.807) is 0 Å². The lowest BCUT2D eigenvalue weighted by molar-refractivity contribution is 0.328. The van der Waals surface area contributed by atoms with Crippen molar-refractivity contribution in [2.75, 3.05) is 17.7 Å². The van der Waals surface area contributed by atoms with Gasteiger partial charge < -0.3 is 15.8 Å². The highest BCUT2D eigenvalue weighted by Gasteiger charge is 2.21. The molecular weight excluding hydrogens is 264 g/mol. The van der Waals surface area contributed by atoms with E-state index in [-0.39, 0.29) is 6.04 Å². The van der Waals surface area contributed by atoms with Gasteiger partial charge in [0.2, 0.25) is 5.88 Å². The normalized spacial score (nSPS) is 17.1. The molecule has 0 aliphatic heterocycles. The van der Waals surface area contributed by atoms with Crippen LogP contribution in [0.2, 0.25) is 0 Å². The van der Waals surface area contributed by atoms with Gasteiger partial charge >= 0.3 is 0 Å². The van der Waals surface area contributed by atoms with Crippen molar-refractivity contribution in [1.29, 1.82) is 0 Å². The summed E-state index contributed by atoms with van der Waals surface area (Å²) in [5.41, 5.74) is 9.30. The molecule has 3 rings (SSSR count). The smallest absolute Gasteiger partial charge is 0.242 e. The Hall–Kier alpha value is -2.30. The van der Waals surface area contributed by atoms with Crippen molar-refractivity contribution in [3.8, 4) is 5.88 Å². The Balaban J connectivity index is 1.86. The summed E-state index contributed by atoms with van der Waals surface area (Å²) in [5.74, 6) is 1.09. The summed E-state index contributed by atoms with van der Waals surface area (Å²) in [6, 6.07) is 8.77. The third kappa shape index (κ3) is 2.77. The Bertz CT molecular complexity index is 629. The van der Waals surface area contributed by atoms with Crippen molar-refractivity contribution in [3.63, 3.8) is 0 Å². The first kappa shape index (κ1) is 13.7. The number of ether oxygens (including phenoxy) is 1. The quantitative estimate of drug-likeness (QED) is 0.903. The largest absolute Gasteiger partial charge is 0.476 e. The van der Waals surface area contributed by atoms with Gasteiger partial charge in [0.25, 0.3) is 0 Å². The zero-order chi connectivity index (χ0) is 14.7. The molecule has 0 spiro atoms. The van der Waals surface area contributed by atoms with Gasteiger partial charge in [-0.1, -0.05) is 24.3 Å². The second-order valence-electron chi connectivity index (χ2n) is 5.16. The van der Waals surface area contributed by atoms with Crippen molar-refractivity contribution >= 4 is 11.5 Å². The summed E-state index contributed by atoms with van der Waals surface area (Å²) >= 11 is 0. The van der Waals surface area contributed by atoms with Gasteiger partial charge in [0.15, 0.2) is 5.82 Å². The SMILES string of the molecule is CCOc1ncnc(NC2CCCc3ccccc32)c1N. The van der Waals surface area contributed by atoms with Crippen LogP contribution in [0.5, 0.6) is 5.88 Å². The number of aryl methyl sites for hydroxylation is 1. The maximum Gasteiger partial charge on any atom is 0.242 e. The van der Waals surface area contributed by atoms with E-state index in [1.165, 1.54) is 17.5 Å². The van der Waals surface area contributed by atoms with Crippen LogP contribution in [0.25, 0.3) is 0 Å². The number of nitrogen functional groups attached to an aromatic ring is 1. The first-order valence-corrected chi connectivity index (χ1v) is 7.37. The van der Waals surface area contributed by atoms with E-state index in [0.29, 0.717) is 24.0 Å². The number of hydrogen-bond donors (Lipinski definition) is 2. The van der Waals surface area contributed by atoms with Crippen LogP contribution in [0.4, 0.5) is 11.5 Å². The number of nitrogens with zero attached hydrogens (tertiary/aromatic N) is 2. The topological polar surface area (TPSA) is 73.1 Å². The first-order valence-electron chi connectivity index (χ1n) is 7.37. The van der Waals surface area contributed by atoms with Crippen molar-refractivity contribution in [2.45, 2.75) is 32.2 Å². The highest BCUT2D eigenvalue weighted by Crippen LogP contribution is 2.34. The van der Waals surface area contributed by atoms with Crippen molar-refractivity contribution in [3.05, 3.63) is 41.7 Å². The number of anilines is 2. The zero-order valence-corrected chi connectivity index (χ0v) is 12.2. The third-order valence-electron chi connectivity index (χ3n) is 3.81. The van der Waals surface area contributed by atoms with Crippen LogP contribution in [-0.4, -0.2) is 16.6 Å². The van der Waals surface area contributed by atoms with Crippen LogP contribution in [-0.2, 0) is 6.42 Å². The molecule has 21 heavy (non-hydrogen) atoms. The summed E-state index contributed by atoms with van der Waals surface area (Å²) in [5, 5.41) is 3.45. The van der Waals surface area contributed by atoms with E-state index in [1.807, 2.05) is 6.92 Å². The number of rotatable bonds is 4. The fourth-order valence-electron chi connectivity index (χ4n) is 2.82.